The van der Waals surface area contributed by atoms with E-state index in [1.54, 1.807) is 24.3 Å². The Labute approximate surface area is 127 Å². The minimum absolute atomic E-state index is 0.260. The third-order valence-corrected chi connectivity index (χ3v) is 3.08. The molecule has 0 aliphatic rings. The van der Waals surface area contributed by atoms with Crippen LogP contribution in [-0.2, 0) is 11.4 Å². The molecule has 112 valence electrons. The van der Waals surface area contributed by atoms with Crippen LogP contribution in [0.4, 0.5) is 0 Å². The first-order valence-corrected chi connectivity index (χ1v) is 6.83. The Kier molecular flexibility index (Phi) is 4.36. The van der Waals surface area contributed by atoms with E-state index in [-0.39, 0.29) is 5.71 Å². The molecule has 0 bridgehead atoms. The molecule has 0 unspecified atom stereocenters. The largest absolute Gasteiger partial charge is 0.466 e. The van der Waals surface area contributed by atoms with Gasteiger partial charge in [0.05, 0.1) is 12.5 Å². The second-order valence-electron chi connectivity index (χ2n) is 4.63. The van der Waals surface area contributed by atoms with Crippen LogP contribution in [0.5, 0.6) is 0 Å². The highest BCUT2D eigenvalue weighted by Crippen LogP contribution is 2.20. The van der Waals surface area contributed by atoms with Crippen molar-refractivity contribution in [3.05, 3.63) is 84.2 Å². The third-order valence-electron chi connectivity index (χ3n) is 3.08. The predicted octanol–water partition coefficient (Wildman–Crippen LogP) is 3.53. The lowest BCUT2D eigenvalue weighted by molar-refractivity contribution is 0.122. The number of nitrogens with zero attached hydrogens (tertiary/aromatic N) is 1. The van der Waals surface area contributed by atoms with Crippen molar-refractivity contribution in [3.63, 3.8) is 0 Å². The fourth-order valence-electron chi connectivity index (χ4n) is 1.99. The molecule has 0 aliphatic carbocycles. The SMILES string of the molecule is O[C@@H](/C(=N/OCc1ccccc1)c1ccco1)c1ccco1. The van der Waals surface area contributed by atoms with E-state index in [1.807, 2.05) is 30.3 Å². The average molecular weight is 297 g/mol. The highest BCUT2D eigenvalue weighted by molar-refractivity contribution is 6.01. The zero-order chi connectivity index (χ0) is 15.2. The monoisotopic (exact) mass is 297 g/mol. The number of hydrogen-bond donors (Lipinski definition) is 1. The van der Waals surface area contributed by atoms with Crippen molar-refractivity contribution < 1.29 is 18.8 Å². The van der Waals surface area contributed by atoms with Crippen molar-refractivity contribution in [1.82, 2.24) is 0 Å². The third kappa shape index (κ3) is 3.27. The summed E-state index contributed by atoms with van der Waals surface area (Å²) >= 11 is 0. The van der Waals surface area contributed by atoms with Gasteiger partial charge in [-0.15, -0.1) is 0 Å². The fourth-order valence-corrected chi connectivity index (χ4v) is 1.99. The smallest absolute Gasteiger partial charge is 0.160 e. The number of rotatable bonds is 6. The minimum Gasteiger partial charge on any atom is -0.466 e. The Bertz CT molecular complexity index is 702. The standard InChI is InChI=1S/C17H15NO4/c19-17(15-9-5-11-21-15)16(14-8-4-10-20-14)18-22-12-13-6-2-1-3-7-13/h1-11,17,19H,12H2/b18-16+/t17-/m1/s1. The highest BCUT2D eigenvalue weighted by Gasteiger charge is 2.22. The van der Waals surface area contributed by atoms with Crippen LogP contribution < -0.4 is 0 Å². The Morgan fingerprint density at radius 1 is 1.00 bits per heavy atom. The van der Waals surface area contributed by atoms with Crippen molar-refractivity contribution in [2.24, 2.45) is 5.16 Å². The van der Waals surface area contributed by atoms with E-state index in [2.05, 4.69) is 5.16 Å². The Morgan fingerprint density at radius 3 is 2.45 bits per heavy atom. The van der Waals surface area contributed by atoms with Crippen LogP contribution in [0.25, 0.3) is 0 Å². The molecule has 3 rings (SSSR count). The number of aliphatic hydroxyl groups excluding tert-OH is 1. The van der Waals surface area contributed by atoms with Gasteiger partial charge in [0.2, 0.25) is 0 Å². The van der Waals surface area contributed by atoms with Crippen LogP contribution in [0.2, 0.25) is 0 Å². The van der Waals surface area contributed by atoms with E-state index in [0.717, 1.165) is 5.56 Å². The number of hydrogen-bond acceptors (Lipinski definition) is 5. The number of oxime groups is 1. The number of benzene rings is 1. The van der Waals surface area contributed by atoms with Gasteiger partial charge in [-0.25, -0.2) is 0 Å². The van der Waals surface area contributed by atoms with Gasteiger partial charge in [-0.2, -0.15) is 0 Å². The molecule has 0 saturated heterocycles. The maximum Gasteiger partial charge on any atom is 0.160 e. The molecule has 1 atom stereocenters. The summed E-state index contributed by atoms with van der Waals surface area (Å²) < 4.78 is 10.5. The zero-order valence-electron chi connectivity index (χ0n) is 11.8. The maximum absolute atomic E-state index is 10.4. The Hall–Kier alpha value is -2.79. The highest BCUT2D eigenvalue weighted by atomic mass is 16.6. The molecule has 5 nitrogen and oxygen atoms in total. The molecule has 0 amide bonds. The molecule has 0 fully saturated rings. The molecule has 22 heavy (non-hydrogen) atoms. The Morgan fingerprint density at radius 2 is 1.77 bits per heavy atom. The van der Waals surface area contributed by atoms with Gasteiger partial charge in [-0.05, 0) is 29.8 Å². The number of aliphatic hydroxyl groups is 1. The van der Waals surface area contributed by atoms with E-state index in [1.165, 1.54) is 12.5 Å². The molecular weight excluding hydrogens is 282 g/mol. The van der Waals surface area contributed by atoms with Crippen LogP contribution in [0.1, 0.15) is 23.2 Å². The van der Waals surface area contributed by atoms with Crippen LogP contribution in [0, 0.1) is 0 Å². The summed E-state index contributed by atoms with van der Waals surface area (Å²) in [4.78, 5) is 5.35. The molecule has 1 aromatic carbocycles. The van der Waals surface area contributed by atoms with Crippen LogP contribution in [0.15, 0.2) is 81.1 Å². The molecule has 0 radical (unpaired) electrons. The first kappa shape index (κ1) is 14.2. The van der Waals surface area contributed by atoms with Gasteiger partial charge in [0, 0.05) is 0 Å². The van der Waals surface area contributed by atoms with E-state index >= 15 is 0 Å². The molecule has 2 aromatic heterocycles. The van der Waals surface area contributed by atoms with Gasteiger partial charge in [0.1, 0.15) is 12.4 Å². The summed E-state index contributed by atoms with van der Waals surface area (Å²) in [6.07, 6.45) is 1.94. The van der Waals surface area contributed by atoms with Gasteiger partial charge in [0.25, 0.3) is 0 Å². The van der Waals surface area contributed by atoms with E-state index in [0.29, 0.717) is 18.1 Å². The lowest BCUT2D eigenvalue weighted by Crippen LogP contribution is -2.13. The van der Waals surface area contributed by atoms with Gasteiger partial charge >= 0.3 is 0 Å². The van der Waals surface area contributed by atoms with Crippen LogP contribution in [-0.4, -0.2) is 10.8 Å². The number of furan rings is 2. The molecule has 5 heteroatoms. The molecule has 0 saturated carbocycles. The van der Waals surface area contributed by atoms with E-state index < -0.39 is 6.10 Å². The quantitative estimate of drug-likeness (QED) is 0.558. The van der Waals surface area contributed by atoms with Crippen molar-refractivity contribution in [2.45, 2.75) is 12.7 Å². The summed E-state index contributed by atoms with van der Waals surface area (Å²) in [6.45, 7) is 0.302. The summed E-state index contributed by atoms with van der Waals surface area (Å²) in [7, 11) is 0. The second kappa shape index (κ2) is 6.78. The summed E-state index contributed by atoms with van der Waals surface area (Å²) in [5.74, 6) is 0.801. The molecule has 0 aliphatic heterocycles. The zero-order valence-corrected chi connectivity index (χ0v) is 11.8. The topological polar surface area (TPSA) is 68.1 Å². The normalized spacial score (nSPS) is 13.0. The maximum atomic E-state index is 10.4. The lowest BCUT2D eigenvalue weighted by atomic mass is 10.1. The van der Waals surface area contributed by atoms with Crippen molar-refractivity contribution in [1.29, 1.82) is 0 Å². The van der Waals surface area contributed by atoms with E-state index in [9.17, 15) is 5.11 Å². The fraction of sp³-hybridized carbons (Fsp3) is 0.118. The molecule has 1 N–H and O–H groups in total. The van der Waals surface area contributed by atoms with Crippen LogP contribution in [0.3, 0.4) is 0 Å². The summed E-state index contributed by atoms with van der Waals surface area (Å²) in [6, 6.07) is 16.4. The van der Waals surface area contributed by atoms with Gasteiger partial charge in [0.15, 0.2) is 17.6 Å². The molecule has 0 spiro atoms. The van der Waals surface area contributed by atoms with Crippen LogP contribution >= 0.6 is 0 Å². The van der Waals surface area contributed by atoms with Gasteiger partial charge < -0.3 is 18.8 Å². The minimum atomic E-state index is -1.06. The first-order valence-electron chi connectivity index (χ1n) is 6.83. The van der Waals surface area contributed by atoms with Crippen molar-refractivity contribution in [2.75, 3.05) is 0 Å². The average Bonchev–Trinajstić information content (AvgIpc) is 3.25. The summed E-state index contributed by atoms with van der Waals surface area (Å²) in [5.41, 5.74) is 1.24. The molecular formula is C17H15NO4. The second-order valence-corrected chi connectivity index (χ2v) is 4.63. The molecule has 2 heterocycles. The van der Waals surface area contributed by atoms with E-state index in [4.69, 9.17) is 13.7 Å². The van der Waals surface area contributed by atoms with Crippen molar-refractivity contribution in [3.8, 4) is 0 Å². The Balaban J connectivity index is 1.78. The lowest BCUT2D eigenvalue weighted by Gasteiger charge is -2.09. The van der Waals surface area contributed by atoms with Gasteiger partial charge in [-0.1, -0.05) is 35.5 Å². The predicted molar refractivity (Wildman–Crippen MR) is 80.1 cm³/mol. The van der Waals surface area contributed by atoms with Crippen molar-refractivity contribution >= 4 is 5.71 Å². The molecule has 3 aromatic rings. The first-order chi connectivity index (χ1) is 10.8. The summed E-state index contributed by atoms with van der Waals surface area (Å²) in [5, 5.41) is 14.4. The van der Waals surface area contributed by atoms with Gasteiger partial charge in [-0.3, -0.25) is 0 Å².